The predicted molar refractivity (Wildman–Crippen MR) is 125 cm³/mol. The minimum atomic E-state index is -0.184. The molecule has 1 fully saturated rings. The molecule has 30 heavy (non-hydrogen) atoms. The lowest BCUT2D eigenvalue weighted by Crippen LogP contribution is -2.48. The Labute approximate surface area is 183 Å². The fraction of sp³-hybridized carbons (Fsp3) is 0.391. The average molecular weight is 427 g/mol. The van der Waals surface area contributed by atoms with E-state index in [-0.39, 0.29) is 11.1 Å². The lowest BCUT2D eigenvalue weighted by molar-refractivity contribution is 0.102. The Morgan fingerprint density at radius 2 is 1.60 bits per heavy atom. The summed E-state index contributed by atoms with van der Waals surface area (Å²) in [6.07, 6.45) is 0. The summed E-state index contributed by atoms with van der Waals surface area (Å²) >= 11 is 1.10. The van der Waals surface area contributed by atoms with Crippen molar-refractivity contribution < 1.29 is 9.59 Å². The first-order chi connectivity index (χ1) is 14.3. The van der Waals surface area contributed by atoms with E-state index in [0.717, 1.165) is 48.5 Å². The Morgan fingerprint density at radius 3 is 2.20 bits per heavy atom. The molecule has 2 amide bonds. The van der Waals surface area contributed by atoms with E-state index in [1.165, 1.54) is 4.90 Å². The Bertz CT molecular complexity index is 875. The summed E-state index contributed by atoms with van der Waals surface area (Å²) in [5, 5.41) is 2.85. The minimum absolute atomic E-state index is 0.0846. The van der Waals surface area contributed by atoms with Crippen LogP contribution in [0.1, 0.15) is 24.2 Å². The summed E-state index contributed by atoms with van der Waals surface area (Å²) in [5.41, 5.74) is 2.37. The van der Waals surface area contributed by atoms with Crippen LogP contribution in [0.2, 0.25) is 0 Å². The molecule has 2 aromatic rings. The van der Waals surface area contributed by atoms with E-state index < -0.39 is 0 Å². The number of nitrogens with one attached hydrogen (secondary N) is 1. The number of anilines is 2. The molecule has 0 unspecified atom stereocenters. The van der Waals surface area contributed by atoms with Crippen LogP contribution >= 0.6 is 11.8 Å². The Hall–Kier alpha value is -2.51. The van der Waals surface area contributed by atoms with Crippen molar-refractivity contribution in [2.75, 3.05) is 50.5 Å². The first kappa shape index (κ1) is 22.2. The molecule has 0 saturated carbocycles. The van der Waals surface area contributed by atoms with Gasteiger partial charge >= 0.3 is 0 Å². The van der Waals surface area contributed by atoms with Gasteiger partial charge in [0.15, 0.2) is 0 Å². The summed E-state index contributed by atoms with van der Waals surface area (Å²) in [5.74, 6) is -0.184. The van der Waals surface area contributed by atoms with Crippen molar-refractivity contribution in [2.45, 2.75) is 24.8 Å². The van der Waals surface area contributed by atoms with Gasteiger partial charge in [-0.2, -0.15) is 0 Å². The monoisotopic (exact) mass is 426 g/mol. The van der Waals surface area contributed by atoms with Gasteiger partial charge in [-0.15, -0.1) is 0 Å². The standard InChI is InChI=1S/C23H30N4O2S/c1-17(2)26-13-15-27(16-14-26)19-11-9-18(10-12-19)22(28)24-20-7-5-6-8-21(20)30-23(29)25(3)4/h5-12,17H,13-16H2,1-4H3,(H,24,28). The number of thioether (sulfide) groups is 1. The zero-order valence-corrected chi connectivity index (χ0v) is 18.9. The molecular formula is C23H30N4O2S. The van der Waals surface area contributed by atoms with Crippen molar-refractivity contribution in [3.05, 3.63) is 54.1 Å². The number of amides is 2. The second-order valence-corrected chi connectivity index (χ2v) is 8.87. The molecule has 0 aromatic heterocycles. The van der Waals surface area contributed by atoms with Crippen molar-refractivity contribution in [1.29, 1.82) is 0 Å². The molecule has 0 spiro atoms. The molecular weight excluding hydrogens is 396 g/mol. The van der Waals surface area contributed by atoms with Crippen LogP contribution in [0.3, 0.4) is 0 Å². The third-order valence-corrected chi connectivity index (χ3v) is 6.35. The summed E-state index contributed by atoms with van der Waals surface area (Å²) in [6.45, 7) is 8.56. The molecule has 1 aliphatic heterocycles. The summed E-state index contributed by atoms with van der Waals surface area (Å²) in [7, 11) is 3.42. The molecule has 7 heteroatoms. The molecule has 3 rings (SSSR count). The maximum absolute atomic E-state index is 12.8. The molecule has 2 aromatic carbocycles. The van der Waals surface area contributed by atoms with Crippen LogP contribution in [0.25, 0.3) is 0 Å². The molecule has 6 nitrogen and oxygen atoms in total. The van der Waals surface area contributed by atoms with E-state index in [0.29, 0.717) is 17.3 Å². The maximum Gasteiger partial charge on any atom is 0.286 e. The van der Waals surface area contributed by atoms with Crippen LogP contribution in [0.5, 0.6) is 0 Å². The highest BCUT2D eigenvalue weighted by Gasteiger charge is 2.19. The normalized spacial score (nSPS) is 14.6. The number of carbonyl (C=O) groups excluding carboxylic acids is 2. The Morgan fingerprint density at radius 1 is 0.967 bits per heavy atom. The number of rotatable bonds is 5. The van der Waals surface area contributed by atoms with Crippen molar-refractivity contribution in [3.8, 4) is 0 Å². The van der Waals surface area contributed by atoms with Gasteiger partial charge in [-0.05, 0) is 62.0 Å². The molecule has 0 bridgehead atoms. The van der Waals surface area contributed by atoms with Gasteiger partial charge in [-0.3, -0.25) is 14.5 Å². The number of para-hydroxylation sites is 1. The van der Waals surface area contributed by atoms with Crippen molar-refractivity contribution in [3.63, 3.8) is 0 Å². The zero-order valence-electron chi connectivity index (χ0n) is 18.1. The molecule has 0 aliphatic carbocycles. The SMILES string of the molecule is CC(C)N1CCN(c2ccc(C(=O)Nc3ccccc3SC(=O)N(C)C)cc2)CC1. The predicted octanol–water partition coefficient (Wildman–Crippen LogP) is 4.24. The fourth-order valence-corrected chi connectivity index (χ4v) is 4.11. The molecule has 0 radical (unpaired) electrons. The third-order valence-electron chi connectivity index (χ3n) is 5.24. The summed E-state index contributed by atoms with van der Waals surface area (Å²) in [6, 6.07) is 15.7. The lowest BCUT2D eigenvalue weighted by atomic mass is 10.1. The molecule has 1 saturated heterocycles. The number of hydrogen-bond acceptors (Lipinski definition) is 5. The fourth-order valence-electron chi connectivity index (χ4n) is 3.36. The number of carbonyl (C=O) groups is 2. The first-order valence-electron chi connectivity index (χ1n) is 10.2. The molecule has 1 aliphatic rings. The van der Waals surface area contributed by atoms with Gasteiger partial charge in [0.25, 0.3) is 11.1 Å². The Kier molecular flexibility index (Phi) is 7.39. The molecule has 1 N–H and O–H groups in total. The molecule has 0 atom stereocenters. The van der Waals surface area contributed by atoms with Gasteiger partial charge in [0, 0.05) is 62.5 Å². The summed E-state index contributed by atoms with van der Waals surface area (Å²) < 4.78 is 0. The largest absolute Gasteiger partial charge is 0.369 e. The van der Waals surface area contributed by atoms with E-state index in [1.807, 2.05) is 48.5 Å². The van der Waals surface area contributed by atoms with Crippen LogP contribution in [-0.4, -0.2) is 67.3 Å². The van der Waals surface area contributed by atoms with Crippen LogP contribution < -0.4 is 10.2 Å². The second-order valence-electron chi connectivity index (χ2n) is 7.88. The number of piperazine rings is 1. The van der Waals surface area contributed by atoms with E-state index >= 15 is 0 Å². The highest BCUT2D eigenvalue weighted by molar-refractivity contribution is 8.13. The average Bonchev–Trinajstić information content (AvgIpc) is 2.75. The van der Waals surface area contributed by atoms with Gasteiger partial charge in [-0.1, -0.05) is 12.1 Å². The van der Waals surface area contributed by atoms with Gasteiger partial charge in [0.05, 0.1) is 5.69 Å². The highest BCUT2D eigenvalue weighted by Crippen LogP contribution is 2.29. The Balaban J connectivity index is 1.64. The van der Waals surface area contributed by atoms with Crippen LogP contribution in [-0.2, 0) is 0 Å². The van der Waals surface area contributed by atoms with Crippen LogP contribution in [0.15, 0.2) is 53.4 Å². The van der Waals surface area contributed by atoms with Gasteiger partial charge < -0.3 is 15.1 Å². The van der Waals surface area contributed by atoms with E-state index in [2.05, 4.69) is 29.0 Å². The van der Waals surface area contributed by atoms with Gasteiger partial charge in [0.1, 0.15) is 0 Å². The third kappa shape index (κ3) is 5.55. The van der Waals surface area contributed by atoms with Crippen LogP contribution in [0, 0.1) is 0 Å². The number of hydrogen-bond donors (Lipinski definition) is 1. The van der Waals surface area contributed by atoms with E-state index in [4.69, 9.17) is 0 Å². The zero-order chi connectivity index (χ0) is 21.7. The lowest BCUT2D eigenvalue weighted by Gasteiger charge is -2.38. The number of nitrogens with zero attached hydrogens (tertiary/aromatic N) is 3. The van der Waals surface area contributed by atoms with E-state index in [1.54, 1.807) is 14.1 Å². The summed E-state index contributed by atoms with van der Waals surface area (Å²) in [4.78, 5) is 31.9. The first-order valence-corrected chi connectivity index (χ1v) is 11.1. The van der Waals surface area contributed by atoms with Gasteiger partial charge in [0.2, 0.25) is 0 Å². The van der Waals surface area contributed by atoms with E-state index in [9.17, 15) is 9.59 Å². The molecule has 160 valence electrons. The van der Waals surface area contributed by atoms with Crippen molar-refractivity contribution in [2.24, 2.45) is 0 Å². The minimum Gasteiger partial charge on any atom is -0.369 e. The van der Waals surface area contributed by atoms with Gasteiger partial charge in [-0.25, -0.2) is 0 Å². The topological polar surface area (TPSA) is 55.9 Å². The van der Waals surface area contributed by atoms with Crippen LogP contribution in [0.4, 0.5) is 16.2 Å². The second kappa shape index (κ2) is 10.00. The van der Waals surface area contributed by atoms with Crippen molar-refractivity contribution >= 4 is 34.3 Å². The number of benzene rings is 2. The van der Waals surface area contributed by atoms with Crippen molar-refractivity contribution in [1.82, 2.24) is 9.80 Å². The molecule has 1 heterocycles. The maximum atomic E-state index is 12.8. The quantitative estimate of drug-likeness (QED) is 0.725. The smallest absolute Gasteiger partial charge is 0.286 e. The highest BCUT2D eigenvalue weighted by atomic mass is 32.2.